The van der Waals surface area contributed by atoms with Gasteiger partial charge in [0, 0.05) is 13.2 Å². The summed E-state index contributed by atoms with van der Waals surface area (Å²) in [6.07, 6.45) is 2.70. The van der Waals surface area contributed by atoms with Crippen LogP contribution in [0.15, 0.2) is 18.3 Å². The van der Waals surface area contributed by atoms with Gasteiger partial charge >= 0.3 is 0 Å². The van der Waals surface area contributed by atoms with E-state index in [9.17, 15) is 0 Å². The van der Waals surface area contributed by atoms with E-state index < -0.39 is 0 Å². The van der Waals surface area contributed by atoms with Gasteiger partial charge in [0.05, 0.1) is 6.04 Å². The maximum absolute atomic E-state index is 5.66. The van der Waals surface area contributed by atoms with Crippen LogP contribution in [-0.2, 0) is 13.5 Å². The maximum atomic E-state index is 5.66. The molecule has 0 bridgehead atoms. The number of hydrogen-bond donors (Lipinski definition) is 2. The zero-order valence-electron chi connectivity index (χ0n) is 11.9. The molecule has 0 radical (unpaired) electrons. The number of aryl methyl sites for hydroxylation is 4. The lowest BCUT2D eigenvalue weighted by molar-refractivity contribution is 0.535. The fraction of sp³-hybridized carbons (Fsp3) is 0.429. The molecule has 19 heavy (non-hydrogen) atoms. The Kier molecular flexibility index (Phi) is 3.97. The highest BCUT2D eigenvalue weighted by atomic mass is 15.4. The normalized spacial score (nSPS) is 12.7. The number of nitrogens with two attached hydrogens (primary N) is 1. The maximum Gasteiger partial charge on any atom is 0.101 e. The van der Waals surface area contributed by atoms with E-state index in [-0.39, 0.29) is 6.04 Å². The summed E-state index contributed by atoms with van der Waals surface area (Å²) < 4.78 is 1.69. The SMILES string of the molecule is Cc1cc(C)c(CC(NN)c2cn(C)nn2)c(C)c1. The quantitative estimate of drug-likeness (QED) is 0.645. The van der Waals surface area contributed by atoms with Crippen LogP contribution in [-0.4, -0.2) is 15.0 Å². The highest BCUT2D eigenvalue weighted by Gasteiger charge is 2.16. The molecule has 1 aromatic heterocycles. The summed E-state index contributed by atoms with van der Waals surface area (Å²) in [6, 6.07) is 4.38. The minimum Gasteiger partial charge on any atom is -0.271 e. The Morgan fingerprint density at radius 3 is 2.37 bits per heavy atom. The summed E-state index contributed by atoms with van der Waals surface area (Å²) in [5, 5.41) is 8.09. The molecule has 0 spiro atoms. The molecule has 5 heteroatoms. The van der Waals surface area contributed by atoms with Gasteiger partial charge in [0.2, 0.25) is 0 Å². The summed E-state index contributed by atoms with van der Waals surface area (Å²) in [5.74, 6) is 5.66. The molecule has 102 valence electrons. The van der Waals surface area contributed by atoms with Gasteiger partial charge in [-0.3, -0.25) is 16.0 Å². The van der Waals surface area contributed by atoms with Crippen molar-refractivity contribution in [2.75, 3.05) is 0 Å². The van der Waals surface area contributed by atoms with Crippen LogP contribution in [0, 0.1) is 20.8 Å². The highest BCUT2D eigenvalue weighted by molar-refractivity contribution is 5.38. The Hall–Kier alpha value is -1.72. The summed E-state index contributed by atoms with van der Waals surface area (Å²) in [7, 11) is 1.85. The van der Waals surface area contributed by atoms with E-state index in [4.69, 9.17) is 5.84 Å². The molecule has 0 fully saturated rings. The van der Waals surface area contributed by atoms with E-state index >= 15 is 0 Å². The first-order valence-corrected chi connectivity index (χ1v) is 6.40. The summed E-state index contributed by atoms with van der Waals surface area (Å²) in [4.78, 5) is 0. The molecule has 0 saturated heterocycles. The molecule has 1 unspecified atom stereocenters. The molecular weight excluding hydrogens is 238 g/mol. The highest BCUT2D eigenvalue weighted by Crippen LogP contribution is 2.22. The molecule has 0 aliphatic carbocycles. The molecule has 0 saturated carbocycles. The van der Waals surface area contributed by atoms with Crippen LogP contribution in [0.5, 0.6) is 0 Å². The van der Waals surface area contributed by atoms with Crippen molar-refractivity contribution in [2.24, 2.45) is 12.9 Å². The standard InChI is InChI=1S/C14H21N5/c1-9-5-10(2)12(11(3)6-9)7-13(16-15)14-8-19(4)18-17-14/h5-6,8,13,16H,7,15H2,1-4H3. The zero-order chi connectivity index (χ0) is 14.0. The van der Waals surface area contributed by atoms with Crippen LogP contribution in [0.25, 0.3) is 0 Å². The Bertz CT molecular complexity index is 550. The lowest BCUT2D eigenvalue weighted by Crippen LogP contribution is -2.30. The largest absolute Gasteiger partial charge is 0.271 e. The fourth-order valence-electron chi connectivity index (χ4n) is 2.51. The Morgan fingerprint density at radius 1 is 1.26 bits per heavy atom. The molecule has 1 heterocycles. The second kappa shape index (κ2) is 5.50. The van der Waals surface area contributed by atoms with Crippen molar-refractivity contribution in [1.29, 1.82) is 0 Å². The number of aromatic nitrogens is 3. The number of hydrazine groups is 1. The van der Waals surface area contributed by atoms with Gasteiger partial charge in [-0.2, -0.15) is 0 Å². The number of nitrogens with zero attached hydrogens (tertiary/aromatic N) is 3. The van der Waals surface area contributed by atoms with E-state index in [0.717, 1.165) is 12.1 Å². The summed E-state index contributed by atoms with van der Waals surface area (Å²) in [6.45, 7) is 6.39. The molecule has 1 aromatic carbocycles. The van der Waals surface area contributed by atoms with Crippen molar-refractivity contribution >= 4 is 0 Å². The van der Waals surface area contributed by atoms with Gasteiger partial charge in [-0.15, -0.1) is 5.10 Å². The van der Waals surface area contributed by atoms with E-state index in [1.807, 2.05) is 13.2 Å². The predicted octanol–water partition coefficient (Wildman–Crippen LogP) is 1.49. The number of rotatable bonds is 4. The lowest BCUT2D eigenvalue weighted by atomic mass is 9.94. The van der Waals surface area contributed by atoms with Crippen LogP contribution in [0.4, 0.5) is 0 Å². The summed E-state index contributed by atoms with van der Waals surface area (Å²) in [5.41, 5.74) is 8.89. The van der Waals surface area contributed by atoms with Crippen molar-refractivity contribution in [3.63, 3.8) is 0 Å². The van der Waals surface area contributed by atoms with Gasteiger partial charge in [-0.1, -0.05) is 22.9 Å². The van der Waals surface area contributed by atoms with Crippen LogP contribution >= 0.6 is 0 Å². The van der Waals surface area contributed by atoms with Gasteiger partial charge in [-0.25, -0.2) is 0 Å². The van der Waals surface area contributed by atoms with Gasteiger partial charge in [0.1, 0.15) is 5.69 Å². The minimum atomic E-state index is -0.0196. The smallest absolute Gasteiger partial charge is 0.101 e. The minimum absolute atomic E-state index is 0.0196. The Balaban J connectivity index is 2.28. The second-order valence-electron chi connectivity index (χ2n) is 5.12. The fourth-order valence-corrected chi connectivity index (χ4v) is 2.51. The van der Waals surface area contributed by atoms with E-state index in [1.54, 1.807) is 4.68 Å². The molecule has 0 amide bonds. The monoisotopic (exact) mass is 259 g/mol. The average Bonchev–Trinajstić information content (AvgIpc) is 2.75. The molecule has 0 aliphatic heterocycles. The van der Waals surface area contributed by atoms with Gasteiger partial charge in [0.15, 0.2) is 0 Å². The first-order valence-electron chi connectivity index (χ1n) is 6.40. The average molecular weight is 259 g/mol. The zero-order valence-corrected chi connectivity index (χ0v) is 11.9. The summed E-state index contributed by atoms with van der Waals surface area (Å²) >= 11 is 0. The third-order valence-electron chi connectivity index (χ3n) is 3.43. The van der Waals surface area contributed by atoms with Crippen molar-refractivity contribution in [3.05, 3.63) is 46.3 Å². The van der Waals surface area contributed by atoms with Gasteiger partial charge < -0.3 is 0 Å². The Morgan fingerprint density at radius 2 is 1.89 bits per heavy atom. The molecule has 5 nitrogen and oxygen atoms in total. The van der Waals surface area contributed by atoms with E-state index in [2.05, 4.69) is 48.6 Å². The molecule has 2 aromatic rings. The van der Waals surface area contributed by atoms with Crippen molar-refractivity contribution in [3.8, 4) is 0 Å². The topological polar surface area (TPSA) is 68.8 Å². The van der Waals surface area contributed by atoms with Crippen molar-refractivity contribution in [1.82, 2.24) is 20.4 Å². The Labute approximate surface area is 113 Å². The molecule has 2 rings (SSSR count). The number of nitrogens with one attached hydrogen (secondary N) is 1. The predicted molar refractivity (Wildman–Crippen MR) is 75.4 cm³/mol. The third-order valence-corrected chi connectivity index (χ3v) is 3.43. The molecule has 3 N–H and O–H groups in total. The van der Waals surface area contributed by atoms with Crippen molar-refractivity contribution in [2.45, 2.75) is 33.2 Å². The number of hydrogen-bond acceptors (Lipinski definition) is 4. The molecule has 0 aliphatic rings. The first kappa shape index (κ1) is 13.7. The molecular formula is C14H21N5. The van der Waals surface area contributed by atoms with Crippen LogP contribution < -0.4 is 11.3 Å². The van der Waals surface area contributed by atoms with Crippen LogP contribution in [0.1, 0.15) is 34.0 Å². The van der Waals surface area contributed by atoms with Gasteiger partial charge in [0.25, 0.3) is 0 Å². The van der Waals surface area contributed by atoms with E-state index in [0.29, 0.717) is 0 Å². The molecule has 1 atom stereocenters. The van der Waals surface area contributed by atoms with Crippen molar-refractivity contribution < 1.29 is 0 Å². The number of benzene rings is 1. The van der Waals surface area contributed by atoms with Crippen LogP contribution in [0.3, 0.4) is 0 Å². The second-order valence-corrected chi connectivity index (χ2v) is 5.12. The van der Waals surface area contributed by atoms with Crippen LogP contribution in [0.2, 0.25) is 0 Å². The lowest BCUT2D eigenvalue weighted by Gasteiger charge is -2.17. The van der Waals surface area contributed by atoms with E-state index in [1.165, 1.54) is 22.3 Å². The van der Waals surface area contributed by atoms with Gasteiger partial charge in [-0.05, 0) is 43.9 Å². The third kappa shape index (κ3) is 3.00. The first-order chi connectivity index (χ1) is 9.01.